The molecular formula is C54H58N14O2. The molecule has 2 saturated heterocycles. The summed E-state index contributed by atoms with van der Waals surface area (Å²) >= 11 is 0. The maximum atomic E-state index is 12.9. The average molecular weight is 935 g/mol. The van der Waals surface area contributed by atoms with Gasteiger partial charge in [0.1, 0.15) is 57.3 Å². The van der Waals surface area contributed by atoms with Crippen LogP contribution in [0.15, 0.2) is 110 Å². The van der Waals surface area contributed by atoms with Gasteiger partial charge in [-0.25, -0.2) is 29.9 Å². The number of benzene rings is 2. The fraction of sp³-hybridized carbons (Fsp3) is 0.333. The molecule has 2 saturated carbocycles. The number of anilines is 4. The van der Waals surface area contributed by atoms with Crippen molar-refractivity contribution in [1.82, 2.24) is 49.3 Å². The third-order valence-corrected chi connectivity index (χ3v) is 14.3. The van der Waals surface area contributed by atoms with E-state index in [2.05, 4.69) is 63.9 Å². The highest BCUT2D eigenvalue weighted by Gasteiger charge is 2.29. The van der Waals surface area contributed by atoms with Crippen LogP contribution in [0.5, 0.6) is 0 Å². The van der Waals surface area contributed by atoms with Crippen LogP contribution in [0.2, 0.25) is 0 Å². The third kappa shape index (κ3) is 9.44. The van der Waals surface area contributed by atoms with Gasteiger partial charge in [-0.3, -0.25) is 18.4 Å². The van der Waals surface area contributed by atoms with E-state index < -0.39 is 0 Å². The van der Waals surface area contributed by atoms with Gasteiger partial charge in [0.15, 0.2) is 0 Å². The number of fused-ring (bicyclic) bond motifs is 2. The normalized spacial score (nSPS) is 20.1. The molecule has 4 fully saturated rings. The first kappa shape index (κ1) is 44.9. The number of piperidine rings is 2. The Balaban J connectivity index is 0.000000152. The molecule has 16 heteroatoms. The van der Waals surface area contributed by atoms with Gasteiger partial charge in [-0.2, -0.15) is 0 Å². The number of pyridine rings is 2. The van der Waals surface area contributed by atoms with Crippen molar-refractivity contribution in [2.24, 2.45) is 0 Å². The summed E-state index contributed by atoms with van der Waals surface area (Å²) in [5.74, 6) is 5.50. The van der Waals surface area contributed by atoms with Gasteiger partial charge in [0, 0.05) is 96.4 Å². The van der Waals surface area contributed by atoms with Gasteiger partial charge in [0.2, 0.25) is 0 Å². The summed E-state index contributed by atoms with van der Waals surface area (Å²) in [5, 5.41) is 13.0. The molecule has 12 rings (SSSR count). The number of nitrogens with zero attached hydrogens (tertiary/aromatic N) is 8. The Hall–Kier alpha value is -7.56. The van der Waals surface area contributed by atoms with Crippen molar-refractivity contribution in [2.45, 2.75) is 101 Å². The Labute approximate surface area is 406 Å². The summed E-state index contributed by atoms with van der Waals surface area (Å²) in [5.41, 5.74) is 21.2. The molecule has 4 aliphatic rings. The Kier molecular flexibility index (Phi) is 12.2. The summed E-state index contributed by atoms with van der Waals surface area (Å²) in [4.78, 5) is 53.0. The lowest BCUT2D eigenvalue weighted by molar-refractivity contribution is 0.101. The second-order valence-electron chi connectivity index (χ2n) is 19.4. The maximum Gasteiger partial charge on any atom is 0.256 e. The van der Waals surface area contributed by atoms with Crippen LogP contribution in [0, 0.1) is 0 Å². The number of nitrogens with two attached hydrogens (primary N) is 2. The molecule has 8 N–H and O–H groups in total. The topological polar surface area (TPSA) is 220 Å². The number of hydrogen-bond acceptors (Lipinski definition) is 12. The molecular weight excluding hydrogens is 877 g/mol. The number of carbonyl (C=O) groups is 2. The van der Waals surface area contributed by atoms with Crippen LogP contribution in [0.25, 0.3) is 33.5 Å². The predicted molar refractivity (Wildman–Crippen MR) is 273 cm³/mol. The lowest BCUT2D eigenvalue weighted by atomic mass is 9.95. The number of amides is 2. The summed E-state index contributed by atoms with van der Waals surface area (Å²) < 4.78 is 4.14. The van der Waals surface area contributed by atoms with Crippen LogP contribution in [-0.4, -0.2) is 75.7 Å². The fourth-order valence-electron chi connectivity index (χ4n) is 9.90. The van der Waals surface area contributed by atoms with Crippen molar-refractivity contribution < 1.29 is 9.59 Å². The van der Waals surface area contributed by atoms with Gasteiger partial charge < -0.3 is 32.7 Å². The monoisotopic (exact) mass is 934 g/mol. The Bertz CT molecular complexity index is 2980. The highest BCUT2D eigenvalue weighted by molar-refractivity contribution is 6.05. The van der Waals surface area contributed by atoms with E-state index in [1.54, 1.807) is 24.8 Å². The molecule has 0 unspecified atom stereocenters. The molecule has 70 heavy (non-hydrogen) atoms. The first-order valence-electron chi connectivity index (χ1n) is 24.6. The SMILES string of the molecule is C[C@@H]1CC[C@@H](c2nc(-c3ccc(C(=O)Nc4cc(C5CC5)ccn4)cc3)c3c(N)nccn23)CN1.C[C@H]1CC[C@@H](c2nc(-c3ccc(C(=O)Nc4cc(C5CC5)ccn4)cc3)c3c(N)nccn23)CN1. The van der Waals surface area contributed by atoms with E-state index in [4.69, 9.17) is 21.4 Å². The molecule has 356 valence electrons. The van der Waals surface area contributed by atoms with E-state index in [0.29, 0.717) is 70.2 Å². The molecule has 2 aromatic carbocycles. The largest absolute Gasteiger partial charge is 0.382 e. The van der Waals surface area contributed by atoms with Crippen LogP contribution >= 0.6 is 0 Å². The summed E-state index contributed by atoms with van der Waals surface area (Å²) in [6, 6.07) is 24.0. The molecule has 2 aliphatic carbocycles. The highest BCUT2D eigenvalue weighted by atomic mass is 16.2. The molecule has 8 heterocycles. The second-order valence-corrected chi connectivity index (χ2v) is 19.4. The average Bonchev–Trinajstić information content (AvgIpc) is 4.33. The van der Waals surface area contributed by atoms with Crippen LogP contribution in [0.4, 0.5) is 23.3 Å². The third-order valence-electron chi connectivity index (χ3n) is 14.3. The first-order valence-corrected chi connectivity index (χ1v) is 24.6. The van der Waals surface area contributed by atoms with E-state index in [1.165, 1.54) is 36.8 Å². The molecule has 6 aromatic heterocycles. The van der Waals surface area contributed by atoms with Crippen LogP contribution < -0.4 is 32.7 Å². The molecule has 2 aliphatic heterocycles. The number of nitrogens with one attached hydrogen (secondary N) is 4. The molecule has 0 radical (unpaired) electrons. The van der Waals surface area contributed by atoms with Crippen molar-refractivity contribution in [2.75, 3.05) is 35.2 Å². The number of carbonyl (C=O) groups excluding carboxylic acids is 2. The van der Waals surface area contributed by atoms with Crippen LogP contribution in [0.3, 0.4) is 0 Å². The second kappa shape index (κ2) is 19.1. The van der Waals surface area contributed by atoms with Gasteiger partial charge in [-0.05, 0) is 137 Å². The molecule has 8 aromatic rings. The minimum Gasteiger partial charge on any atom is -0.382 e. The number of hydrogen-bond donors (Lipinski definition) is 6. The van der Waals surface area contributed by atoms with Crippen molar-refractivity contribution in [3.05, 3.63) is 144 Å². The zero-order valence-electron chi connectivity index (χ0n) is 39.5. The van der Waals surface area contributed by atoms with Crippen LogP contribution in [-0.2, 0) is 0 Å². The van der Waals surface area contributed by atoms with Crippen molar-refractivity contribution in [1.29, 1.82) is 0 Å². The fourth-order valence-corrected chi connectivity index (χ4v) is 9.90. The number of rotatable bonds is 10. The number of imidazole rings is 2. The summed E-state index contributed by atoms with van der Waals surface area (Å²) in [7, 11) is 0. The maximum absolute atomic E-state index is 12.9. The van der Waals surface area contributed by atoms with Gasteiger partial charge in [-0.1, -0.05) is 24.3 Å². The standard InChI is InChI=1S/2C27H29N7O/c2*1-16-2-3-21(15-31-16)26-33-23(24-25(28)30-12-13-34(24)26)18-6-8-19(9-7-18)27(35)32-22-14-20(10-11-29-22)17-4-5-17/h2*6-14,16-17,21,31H,2-5,15H2,1H3,(H2,28,30)(H,29,32,35)/t16-,21+;16-,21-/m01/s1. The van der Waals surface area contributed by atoms with Gasteiger partial charge >= 0.3 is 0 Å². The lowest BCUT2D eigenvalue weighted by Crippen LogP contribution is -2.36. The zero-order valence-corrected chi connectivity index (χ0v) is 39.5. The van der Waals surface area contributed by atoms with E-state index >= 15 is 0 Å². The number of nitrogen functional groups attached to an aromatic ring is 2. The van der Waals surface area contributed by atoms with Gasteiger partial charge in [0.05, 0.1) is 0 Å². The first-order chi connectivity index (χ1) is 34.1. The highest BCUT2D eigenvalue weighted by Crippen LogP contribution is 2.41. The smallest absolute Gasteiger partial charge is 0.256 e. The van der Waals surface area contributed by atoms with Crippen molar-refractivity contribution in [3.63, 3.8) is 0 Å². The minimum atomic E-state index is -0.184. The molecule has 0 spiro atoms. The summed E-state index contributed by atoms with van der Waals surface area (Å²) in [6.07, 6.45) is 20.0. The van der Waals surface area contributed by atoms with E-state index in [0.717, 1.165) is 84.0 Å². The van der Waals surface area contributed by atoms with Gasteiger partial charge in [-0.15, -0.1) is 0 Å². The molecule has 2 amide bonds. The molecule has 4 atom stereocenters. The van der Waals surface area contributed by atoms with Crippen molar-refractivity contribution in [3.8, 4) is 22.5 Å². The quantitative estimate of drug-likeness (QED) is 0.0758. The van der Waals surface area contributed by atoms with E-state index in [-0.39, 0.29) is 11.8 Å². The van der Waals surface area contributed by atoms with E-state index in [9.17, 15) is 9.59 Å². The van der Waals surface area contributed by atoms with Gasteiger partial charge in [0.25, 0.3) is 11.8 Å². The van der Waals surface area contributed by atoms with E-state index in [1.807, 2.05) is 85.2 Å². The zero-order chi connectivity index (χ0) is 47.9. The predicted octanol–water partition coefficient (Wildman–Crippen LogP) is 8.72. The molecule has 0 bridgehead atoms. The van der Waals surface area contributed by atoms with Crippen molar-refractivity contribution >= 4 is 46.1 Å². The lowest BCUT2D eigenvalue weighted by Gasteiger charge is -2.26. The Morgan fingerprint density at radius 1 is 0.529 bits per heavy atom. The minimum absolute atomic E-state index is 0.184. The van der Waals surface area contributed by atoms with Crippen LogP contribution in [0.1, 0.15) is 132 Å². The number of aromatic nitrogens is 8. The summed E-state index contributed by atoms with van der Waals surface area (Å²) in [6.45, 7) is 6.20. The Morgan fingerprint density at radius 3 is 1.30 bits per heavy atom. The molecule has 16 nitrogen and oxygen atoms in total. The Morgan fingerprint density at radius 2 is 0.929 bits per heavy atom.